The van der Waals surface area contributed by atoms with Gasteiger partial charge >= 0.3 is 0 Å². The molecule has 6 rings (SSSR count). The van der Waals surface area contributed by atoms with E-state index in [4.69, 9.17) is 9.72 Å². The first-order valence-electron chi connectivity index (χ1n) is 13.8. The van der Waals surface area contributed by atoms with Crippen LogP contribution in [0.4, 0.5) is 11.5 Å². The van der Waals surface area contributed by atoms with Crippen molar-refractivity contribution < 1.29 is 14.5 Å². The number of aromatic nitrogens is 4. The lowest BCUT2D eigenvalue weighted by Gasteiger charge is -2.29. The van der Waals surface area contributed by atoms with Crippen LogP contribution in [0.25, 0.3) is 22.7 Å². The normalized spacial score (nSPS) is 13.5. The van der Waals surface area contributed by atoms with Gasteiger partial charge in [0.25, 0.3) is 5.69 Å². The standard InChI is InChI=1S/C32H28N6O4/c39-31(16-15-25-19-23-9-2-3-12-28(23)33-32(25)36-17-6-1-7-18-36)24-10-8-11-27(20-24)42-22-26-21-37(35-34-26)29-13-4-5-14-30(29)38(40)41/h2-5,8-16,19-21H,1,6-7,17-18,22H2/b16-15+. The fourth-order valence-electron chi connectivity index (χ4n) is 5.06. The molecule has 0 N–H and O–H groups in total. The van der Waals surface area contributed by atoms with E-state index in [-0.39, 0.29) is 18.1 Å². The fraction of sp³-hybridized carbons (Fsp3) is 0.188. The molecule has 10 heteroatoms. The lowest BCUT2D eigenvalue weighted by Crippen LogP contribution is -2.30. The van der Waals surface area contributed by atoms with E-state index >= 15 is 0 Å². The number of fused-ring (bicyclic) bond motifs is 1. The number of carbonyl (C=O) groups excluding carboxylic acids is 1. The average molecular weight is 561 g/mol. The maximum atomic E-state index is 13.2. The van der Waals surface area contributed by atoms with Crippen LogP contribution in [0.1, 0.15) is 40.9 Å². The molecule has 0 saturated carbocycles. The molecule has 0 atom stereocenters. The molecule has 0 unspecified atom stereocenters. The minimum absolute atomic E-state index is 0.0725. The van der Waals surface area contributed by atoms with Crippen molar-refractivity contribution in [2.45, 2.75) is 25.9 Å². The lowest BCUT2D eigenvalue weighted by molar-refractivity contribution is -0.384. The summed E-state index contributed by atoms with van der Waals surface area (Å²) < 4.78 is 7.23. The van der Waals surface area contributed by atoms with E-state index < -0.39 is 4.92 Å². The van der Waals surface area contributed by atoms with Crippen LogP contribution in [0.3, 0.4) is 0 Å². The van der Waals surface area contributed by atoms with Gasteiger partial charge in [0.15, 0.2) is 5.78 Å². The summed E-state index contributed by atoms with van der Waals surface area (Å²) in [6.07, 6.45) is 8.49. The van der Waals surface area contributed by atoms with Crippen molar-refractivity contribution in [1.29, 1.82) is 0 Å². The van der Waals surface area contributed by atoms with E-state index in [9.17, 15) is 14.9 Å². The number of carbonyl (C=O) groups is 1. The zero-order valence-electron chi connectivity index (χ0n) is 22.8. The zero-order chi connectivity index (χ0) is 28.9. The van der Waals surface area contributed by atoms with Gasteiger partial charge in [-0.05, 0) is 61.7 Å². The minimum Gasteiger partial charge on any atom is -0.487 e. The van der Waals surface area contributed by atoms with E-state index in [2.05, 4.69) is 21.3 Å². The molecule has 2 aromatic heterocycles. The third-order valence-corrected chi connectivity index (χ3v) is 7.17. The average Bonchev–Trinajstić information content (AvgIpc) is 3.52. The third kappa shape index (κ3) is 5.87. The number of ketones is 1. The molecule has 3 aromatic carbocycles. The van der Waals surface area contributed by atoms with Gasteiger partial charge in [-0.3, -0.25) is 14.9 Å². The van der Waals surface area contributed by atoms with Gasteiger partial charge in [0.05, 0.1) is 16.6 Å². The molecule has 0 spiro atoms. The van der Waals surface area contributed by atoms with E-state index in [1.54, 1.807) is 54.7 Å². The van der Waals surface area contributed by atoms with Crippen LogP contribution in [-0.4, -0.2) is 43.8 Å². The smallest absolute Gasteiger partial charge is 0.294 e. The number of nitro benzene ring substituents is 1. The predicted molar refractivity (Wildman–Crippen MR) is 160 cm³/mol. The van der Waals surface area contributed by atoms with Crippen LogP contribution >= 0.6 is 0 Å². The second-order valence-electron chi connectivity index (χ2n) is 10.1. The van der Waals surface area contributed by atoms with Crippen LogP contribution in [-0.2, 0) is 6.61 Å². The van der Waals surface area contributed by atoms with Crippen LogP contribution in [0.15, 0.2) is 91.1 Å². The van der Waals surface area contributed by atoms with Gasteiger partial charge in [-0.25, -0.2) is 9.67 Å². The summed E-state index contributed by atoms with van der Waals surface area (Å²) in [5.74, 6) is 1.25. The molecule has 0 bridgehead atoms. The Balaban J connectivity index is 1.17. The second-order valence-corrected chi connectivity index (χ2v) is 10.1. The summed E-state index contributed by atoms with van der Waals surface area (Å²) in [7, 11) is 0. The number of anilines is 1. The molecule has 0 radical (unpaired) electrons. The molecule has 1 saturated heterocycles. The van der Waals surface area contributed by atoms with Crippen molar-refractivity contribution in [1.82, 2.24) is 20.0 Å². The first-order chi connectivity index (χ1) is 20.5. The number of benzene rings is 3. The van der Waals surface area contributed by atoms with Gasteiger partial charge in [-0.2, -0.15) is 0 Å². The Kier molecular flexibility index (Phi) is 7.67. The Morgan fingerprint density at radius 2 is 1.79 bits per heavy atom. The molecular weight excluding hydrogens is 532 g/mol. The summed E-state index contributed by atoms with van der Waals surface area (Å²) in [4.78, 5) is 31.3. The Morgan fingerprint density at radius 3 is 2.64 bits per heavy atom. The van der Waals surface area contributed by atoms with E-state index in [0.29, 0.717) is 22.7 Å². The van der Waals surface area contributed by atoms with Crippen molar-refractivity contribution in [3.05, 3.63) is 118 Å². The number of piperidine rings is 1. The Morgan fingerprint density at radius 1 is 0.976 bits per heavy atom. The quantitative estimate of drug-likeness (QED) is 0.0907. The summed E-state index contributed by atoms with van der Waals surface area (Å²) in [6.45, 7) is 1.99. The Labute approximate surface area is 242 Å². The molecule has 0 amide bonds. The number of allylic oxidation sites excluding steroid dienone is 1. The van der Waals surface area contributed by atoms with Crippen molar-refractivity contribution in [2.75, 3.05) is 18.0 Å². The number of nitro groups is 1. The van der Waals surface area contributed by atoms with E-state index in [1.165, 1.54) is 17.2 Å². The molecule has 1 aliphatic heterocycles. The van der Waals surface area contributed by atoms with Crippen molar-refractivity contribution in [3.8, 4) is 11.4 Å². The van der Waals surface area contributed by atoms with Crippen molar-refractivity contribution >= 4 is 34.3 Å². The molecule has 3 heterocycles. The van der Waals surface area contributed by atoms with Crippen molar-refractivity contribution in [2.24, 2.45) is 0 Å². The molecular formula is C32H28N6O4. The number of rotatable bonds is 9. The fourth-order valence-corrected chi connectivity index (χ4v) is 5.06. The topological polar surface area (TPSA) is 116 Å². The molecule has 1 aliphatic rings. The number of nitrogens with zero attached hydrogens (tertiary/aromatic N) is 6. The van der Waals surface area contributed by atoms with E-state index in [0.717, 1.165) is 48.2 Å². The largest absolute Gasteiger partial charge is 0.487 e. The number of pyridine rings is 1. The summed E-state index contributed by atoms with van der Waals surface area (Å²) in [5, 5.41) is 20.5. The summed E-state index contributed by atoms with van der Waals surface area (Å²) in [6, 6.07) is 23.4. The van der Waals surface area contributed by atoms with E-state index in [1.807, 2.05) is 30.3 Å². The maximum absolute atomic E-state index is 13.2. The van der Waals surface area contributed by atoms with Gasteiger partial charge in [0, 0.05) is 35.7 Å². The van der Waals surface area contributed by atoms with Crippen LogP contribution in [0, 0.1) is 10.1 Å². The van der Waals surface area contributed by atoms with Crippen LogP contribution < -0.4 is 9.64 Å². The predicted octanol–water partition coefficient (Wildman–Crippen LogP) is 6.19. The highest BCUT2D eigenvalue weighted by atomic mass is 16.6. The van der Waals surface area contributed by atoms with Gasteiger partial charge in [-0.1, -0.05) is 47.7 Å². The highest BCUT2D eigenvalue weighted by Gasteiger charge is 2.17. The highest BCUT2D eigenvalue weighted by Crippen LogP contribution is 2.28. The molecule has 0 aliphatic carbocycles. The first-order valence-corrected chi connectivity index (χ1v) is 13.8. The second kappa shape index (κ2) is 12.0. The Hall–Kier alpha value is -5.38. The van der Waals surface area contributed by atoms with Crippen LogP contribution in [0.5, 0.6) is 5.75 Å². The zero-order valence-corrected chi connectivity index (χ0v) is 22.8. The SMILES string of the molecule is O=C(/C=C/c1cc2ccccc2nc1N1CCCCC1)c1cccc(OCc2cn(-c3ccccc3[N+](=O)[O-])nn2)c1. The highest BCUT2D eigenvalue weighted by molar-refractivity contribution is 6.07. The molecule has 10 nitrogen and oxygen atoms in total. The Bertz CT molecular complexity index is 1790. The number of para-hydroxylation sites is 3. The first kappa shape index (κ1) is 26.8. The van der Waals surface area contributed by atoms with Gasteiger partial charge in [-0.15, -0.1) is 5.10 Å². The molecule has 42 heavy (non-hydrogen) atoms. The number of hydrogen-bond acceptors (Lipinski definition) is 8. The minimum atomic E-state index is -0.463. The molecule has 210 valence electrons. The number of ether oxygens (including phenoxy) is 1. The third-order valence-electron chi connectivity index (χ3n) is 7.17. The van der Waals surface area contributed by atoms with Gasteiger partial charge < -0.3 is 9.64 Å². The summed E-state index contributed by atoms with van der Waals surface area (Å²) in [5.41, 5.74) is 3.06. The summed E-state index contributed by atoms with van der Waals surface area (Å²) >= 11 is 0. The monoisotopic (exact) mass is 560 g/mol. The lowest BCUT2D eigenvalue weighted by atomic mass is 10.1. The van der Waals surface area contributed by atoms with Gasteiger partial charge in [0.2, 0.25) is 0 Å². The van der Waals surface area contributed by atoms with Gasteiger partial charge in [0.1, 0.15) is 29.6 Å². The van der Waals surface area contributed by atoms with Crippen molar-refractivity contribution in [3.63, 3.8) is 0 Å². The molecule has 5 aromatic rings. The maximum Gasteiger partial charge on any atom is 0.294 e. The van der Waals surface area contributed by atoms with Crippen LogP contribution in [0.2, 0.25) is 0 Å². The number of hydrogen-bond donors (Lipinski definition) is 0. The molecule has 1 fully saturated rings.